The maximum atomic E-state index is 12.7. The highest BCUT2D eigenvalue weighted by molar-refractivity contribution is 6.73. The number of rotatable bonds is 2. The molecule has 0 saturated carbocycles. The van der Waals surface area contributed by atoms with Crippen LogP contribution in [0.15, 0.2) is 60.7 Å². The minimum Gasteiger partial charge on any atom is -0.270 e. The van der Waals surface area contributed by atoms with E-state index in [0.29, 0.717) is 0 Å². The van der Waals surface area contributed by atoms with E-state index in [2.05, 4.69) is 0 Å². The first kappa shape index (κ1) is 15.5. The lowest BCUT2D eigenvalue weighted by Crippen LogP contribution is -2.65. The molecule has 116 valence electrons. The monoisotopic (exact) mass is 348 g/mol. The van der Waals surface area contributed by atoms with E-state index in [1.165, 1.54) is 0 Å². The fourth-order valence-electron chi connectivity index (χ4n) is 2.26. The number of benzene rings is 2. The predicted octanol–water partition coefficient (Wildman–Crippen LogP) is 3.36. The van der Waals surface area contributed by atoms with Crippen LogP contribution in [0.2, 0.25) is 0 Å². The zero-order valence-electron chi connectivity index (χ0n) is 11.6. The predicted molar refractivity (Wildman–Crippen MR) is 87.7 cm³/mol. The molecule has 1 heterocycles. The molecule has 0 radical (unpaired) electrons. The lowest BCUT2D eigenvalue weighted by molar-refractivity contribution is -0.127. The van der Waals surface area contributed by atoms with E-state index in [4.69, 9.17) is 23.2 Å². The molecular weight excluding hydrogens is 339 g/mol. The average molecular weight is 349 g/mol. The van der Waals surface area contributed by atoms with Crippen molar-refractivity contribution in [2.45, 2.75) is 4.33 Å². The third kappa shape index (κ3) is 2.48. The second kappa shape index (κ2) is 5.68. The molecule has 1 saturated heterocycles. The Morgan fingerprint density at radius 3 is 1.35 bits per heavy atom. The Morgan fingerprint density at radius 1 is 0.652 bits per heavy atom. The number of alkyl halides is 2. The molecule has 2 aromatic rings. The summed E-state index contributed by atoms with van der Waals surface area (Å²) in [5.74, 6) is -1.98. The van der Waals surface area contributed by atoms with Crippen LogP contribution in [-0.4, -0.2) is 22.2 Å². The number of anilines is 2. The molecule has 0 N–H and O–H groups in total. The second-order valence-electron chi connectivity index (χ2n) is 4.81. The van der Waals surface area contributed by atoms with E-state index in [9.17, 15) is 14.4 Å². The standard InChI is InChI=1S/C16H10Cl2N2O3/c17-16(18)13(21)19(11-7-3-1-4-8-11)15(23)20(14(16)22)12-9-5-2-6-10-12/h1-10H. The van der Waals surface area contributed by atoms with Gasteiger partial charge < -0.3 is 0 Å². The Morgan fingerprint density at radius 2 is 1.00 bits per heavy atom. The minimum absolute atomic E-state index is 0.279. The van der Waals surface area contributed by atoms with Crippen LogP contribution in [0.25, 0.3) is 0 Å². The quantitative estimate of drug-likeness (QED) is 0.617. The van der Waals surface area contributed by atoms with Gasteiger partial charge in [-0.05, 0) is 24.3 Å². The molecule has 0 spiro atoms. The molecule has 23 heavy (non-hydrogen) atoms. The molecule has 0 unspecified atom stereocenters. The van der Waals surface area contributed by atoms with Crippen LogP contribution in [0.3, 0.4) is 0 Å². The van der Waals surface area contributed by atoms with E-state index in [0.717, 1.165) is 9.80 Å². The van der Waals surface area contributed by atoms with E-state index in [-0.39, 0.29) is 11.4 Å². The van der Waals surface area contributed by atoms with Gasteiger partial charge >= 0.3 is 6.03 Å². The number of barbiturate groups is 1. The zero-order chi connectivity index (χ0) is 16.6. The number of halogens is 2. The first-order chi connectivity index (χ1) is 10.9. The Balaban J connectivity index is 2.14. The second-order valence-corrected chi connectivity index (χ2v) is 6.14. The molecule has 0 atom stereocenters. The van der Waals surface area contributed by atoms with Crippen molar-refractivity contribution in [3.05, 3.63) is 60.7 Å². The summed E-state index contributed by atoms with van der Waals surface area (Å²) in [6.07, 6.45) is 0. The number of carbonyl (C=O) groups is 3. The first-order valence-electron chi connectivity index (χ1n) is 6.65. The number of imide groups is 2. The number of urea groups is 1. The van der Waals surface area contributed by atoms with Gasteiger partial charge in [-0.1, -0.05) is 59.6 Å². The molecule has 1 aliphatic rings. The molecule has 1 fully saturated rings. The SMILES string of the molecule is O=C1N(c2ccccc2)C(=O)C(Cl)(Cl)C(=O)N1c1ccccc1. The summed E-state index contributed by atoms with van der Waals surface area (Å²) in [5, 5.41) is 0. The van der Waals surface area contributed by atoms with Crippen molar-refractivity contribution in [1.29, 1.82) is 0 Å². The molecule has 2 aromatic carbocycles. The molecule has 0 bridgehead atoms. The molecule has 7 heteroatoms. The summed E-state index contributed by atoms with van der Waals surface area (Å²) in [4.78, 5) is 39.2. The van der Waals surface area contributed by atoms with Crippen LogP contribution in [0.4, 0.5) is 16.2 Å². The van der Waals surface area contributed by atoms with Crippen molar-refractivity contribution in [2.24, 2.45) is 0 Å². The Hall–Kier alpha value is -2.37. The molecule has 0 aliphatic carbocycles. The maximum Gasteiger partial charge on any atom is 0.342 e. The van der Waals surface area contributed by atoms with Gasteiger partial charge in [-0.3, -0.25) is 9.59 Å². The zero-order valence-corrected chi connectivity index (χ0v) is 13.2. The number of nitrogens with zero attached hydrogens (tertiary/aromatic N) is 2. The molecule has 5 nitrogen and oxygen atoms in total. The summed E-state index contributed by atoms with van der Waals surface area (Å²) in [5.41, 5.74) is 0.559. The van der Waals surface area contributed by atoms with Crippen molar-refractivity contribution < 1.29 is 14.4 Å². The summed E-state index contributed by atoms with van der Waals surface area (Å²) in [6.45, 7) is 0. The maximum absolute atomic E-state index is 12.7. The lowest BCUT2D eigenvalue weighted by atomic mass is 10.1. The van der Waals surface area contributed by atoms with Crippen LogP contribution < -0.4 is 9.80 Å². The highest BCUT2D eigenvalue weighted by Gasteiger charge is 2.56. The topological polar surface area (TPSA) is 57.7 Å². The lowest BCUT2D eigenvalue weighted by Gasteiger charge is -2.37. The fourth-order valence-corrected chi connectivity index (χ4v) is 2.59. The normalized spacial score (nSPS) is 17.6. The number of carbonyl (C=O) groups excluding carboxylic acids is 3. The van der Waals surface area contributed by atoms with Gasteiger partial charge in [0, 0.05) is 0 Å². The summed E-state index contributed by atoms with van der Waals surface area (Å²) >= 11 is 11.9. The molecular formula is C16H10Cl2N2O3. The van der Waals surface area contributed by atoms with Crippen LogP contribution >= 0.6 is 23.2 Å². The van der Waals surface area contributed by atoms with Gasteiger partial charge in [0.1, 0.15) is 0 Å². The van der Waals surface area contributed by atoms with Crippen molar-refractivity contribution in [3.8, 4) is 0 Å². The Kier molecular flexibility index (Phi) is 3.83. The number of hydrogen-bond acceptors (Lipinski definition) is 3. The Bertz CT molecular complexity index is 715. The van der Waals surface area contributed by atoms with Crippen molar-refractivity contribution in [3.63, 3.8) is 0 Å². The smallest absolute Gasteiger partial charge is 0.270 e. The third-order valence-electron chi connectivity index (χ3n) is 3.35. The number of amides is 4. The van der Waals surface area contributed by atoms with E-state index in [1.807, 2.05) is 0 Å². The minimum atomic E-state index is -2.38. The van der Waals surface area contributed by atoms with Crippen molar-refractivity contribution in [2.75, 3.05) is 9.80 Å². The Labute approximate surface area is 142 Å². The molecule has 0 aromatic heterocycles. The van der Waals surface area contributed by atoms with E-state index < -0.39 is 22.2 Å². The summed E-state index contributed by atoms with van der Waals surface area (Å²) in [6, 6.07) is 15.5. The van der Waals surface area contributed by atoms with Crippen LogP contribution in [0.5, 0.6) is 0 Å². The van der Waals surface area contributed by atoms with Gasteiger partial charge in [-0.25, -0.2) is 14.6 Å². The van der Waals surface area contributed by atoms with Gasteiger partial charge in [0.25, 0.3) is 16.1 Å². The van der Waals surface area contributed by atoms with Crippen molar-refractivity contribution in [1.82, 2.24) is 0 Å². The largest absolute Gasteiger partial charge is 0.342 e. The van der Waals surface area contributed by atoms with E-state index in [1.54, 1.807) is 60.7 Å². The summed E-state index contributed by atoms with van der Waals surface area (Å²) < 4.78 is -2.38. The fraction of sp³-hybridized carbons (Fsp3) is 0.0625. The van der Waals surface area contributed by atoms with Gasteiger partial charge in [0.2, 0.25) is 0 Å². The number of hydrogen-bond donors (Lipinski definition) is 0. The highest BCUT2D eigenvalue weighted by Crippen LogP contribution is 2.36. The van der Waals surface area contributed by atoms with Crippen LogP contribution in [-0.2, 0) is 9.59 Å². The number of para-hydroxylation sites is 2. The summed E-state index contributed by atoms with van der Waals surface area (Å²) in [7, 11) is 0. The average Bonchev–Trinajstić information content (AvgIpc) is 2.56. The molecule has 4 amide bonds. The van der Waals surface area contributed by atoms with E-state index >= 15 is 0 Å². The van der Waals surface area contributed by atoms with Gasteiger partial charge in [0.05, 0.1) is 11.4 Å². The van der Waals surface area contributed by atoms with Gasteiger partial charge in [-0.15, -0.1) is 0 Å². The first-order valence-corrected chi connectivity index (χ1v) is 7.41. The van der Waals surface area contributed by atoms with Crippen LogP contribution in [0, 0.1) is 0 Å². The van der Waals surface area contributed by atoms with Crippen LogP contribution in [0.1, 0.15) is 0 Å². The van der Waals surface area contributed by atoms with Gasteiger partial charge in [-0.2, -0.15) is 0 Å². The highest BCUT2D eigenvalue weighted by atomic mass is 35.5. The van der Waals surface area contributed by atoms with Crippen molar-refractivity contribution >= 4 is 52.4 Å². The third-order valence-corrected chi connectivity index (χ3v) is 4.00. The van der Waals surface area contributed by atoms with Gasteiger partial charge in [0.15, 0.2) is 0 Å². The molecule has 3 rings (SSSR count). The molecule has 1 aliphatic heterocycles.